The Kier molecular flexibility index (Phi) is 4.99. The lowest BCUT2D eigenvalue weighted by Gasteiger charge is -2.20. The molecule has 0 radical (unpaired) electrons. The maximum Gasteiger partial charge on any atom is 0.144 e. The highest BCUT2D eigenvalue weighted by Crippen LogP contribution is 2.36. The topological polar surface area (TPSA) is 51.8 Å². The zero-order chi connectivity index (χ0) is 12.3. The quantitative estimate of drug-likeness (QED) is 0.919. The molecule has 2 N–H and O–H groups in total. The average molecular weight is 334 g/mol. The maximum atomic E-state index is 5.94. The second-order valence-electron chi connectivity index (χ2n) is 3.91. The van der Waals surface area contributed by atoms with E-state index in [4.69, 9.17) is 5.73 Å². The van der Waals surface area contributed by atoms with E-state index < -0.39 is 0 Å². The van der Waals surface area contributed by atoms with Gasteiger partial charge in [0.25, 0.3) is 0 Å². The lowest BCUT2D eigenvalue weighted by Crippen LogP contribution is -2.13. The molecule has 0 saturated carbocycles. The summed E-state index contributed by atoms with van der Waals surface area (Å²) in [4.78, 5) is 9.10. The molecule has 17 heavy (non-hydrogen) atoms. The molecular formula is C11H16BrN3S2. The molecule has 2 heterocycles. The number of nitrogen functional groups attached to an aromatic ring is 1. The SMILES string of the molecule is CCCc1nc(C2CSCCS2)nc(N)c1Br. The third-order valence-electron chi connectivity index (χ3n) is 2.55. The molecule has 94 valence electrons. The van der Waals surface area contributed by atoms with Gasteiger partial charge < -0.3 is 5.73 Å². The summed E-state index contributed by atoms with van der Waals surface area (Å²) in [5.74, 6) is 4.99. The van der Waals surface area contributed by atoms with E-state index in [0.717, 1.165) is 34.6 Å². The van der Waals surface area contributed by atoms with Crippen LogP contribution in [0.3, 0.4) is 0 Å². The first kappa shape index (κ1) is 13.5. The Morgan fingerprint density at radius 1 is 1.41 bits per heavy atom. The van der Waals surface area contributed by atoms with Crippen LogP contribution in [0.25, 0.3) is 0 Å². The summed E-state index contributed by atoms with van der Waals surface area (Å²) in [7, 11) is 0. The van der Waals surface area contributed by atoms with Crippen molar-refractivity contribution >= 4 is 45.3 Å². The molecule has 1 fully saturated rings. The molecule has 1 aromatic rings. The number of nitrogens with two attached hydrogens (primary N) is 1. The van der Waals surface area contributed by atoms with Gasteiger partial charge in [-0.15, -0.1) is 11.8 Å². The van der Waals surface area contributed by atoms with Crippen molar-refractivity contribution in [3.05, 3.63) is 16.0 Å². The van der Waals surface area contributed by atoms with Crippen LogP contribution in [-0.2, 0) is 6.42 Å². The van der Waals surface area contributed by atoms with Crippen LogP contribution in [-0.4, -0.2) is 27.2 Å². The van der Waals surface area contributed by atoms with Gasteiger partial charge in [0.1, 0.15) is 11.6 Å². The number of nitrogens with zero attached hydrogens (tertiary/aromatic N) is 2. The van der Waals surface area contributed by atoms with Crippen molar-refractivity contribution in [2.45, 2.75) is 25.0 Å². The van der Waals surface area contributed by atoms with Crippen LogP contribution in [0.4, 0.5) is 5.82 Å². The number of hydrogen-bond acceptors (Lipinski definition) is 5. The van der Waals surface area contributed by atoms with Crippen molar-refractivity contribution in [3.8, 4) is 0 Å². The van der Waals surface area contributed by atoms with Gasteiger partial charge in [-0.2, -0.15) is 11.8 Å². The number of anilines is 1. The van der Waals surface area contributed by atoms with E-state index in [2.05, 4.69) is 32.8 Å². The largest absolute Gasteiger partial charge is 0.383 e. The molecule has 1 aromatic heterocycles. The molecule has 1 aliphatic heterocycles. The highest BCUT2D eigenvalue weighted by molar-refractivity contribution is 9.10. The van der Waals surface area contributed by atoms with Gasteiger partial charge in [0.05, 0.1) is 15.4 Å². The van der Waals surface area contributed by atoms with Gasteiger partial charge in [-0.25, -0.2) is 9.97 Å². The number of thioether (sulfide) groups is 2. The molecule has 0 aromatic carbocycles. The molecule has 2 rings (SSSR count). The van der Waals surface area contributed by atoms with Crippen molar-refractivity contribution in [1.82, 2.24) is 9.97 Å². The summed E-state index contributed by atoms with van der Waals surface area (Å²) in [6, 6.07) is 0. The first-order valence-electron chi connectivity index (χ1n) is 5.73. The minimum absolute atomic E-state index is 0.403. The minimum atomic E-state index is 0.403. The zero-order valence-electron chi connectivity index (χ0n) is 9.78. The molecule has 0 amide bonds. The normalized spacial score (nSPS) is 20.5. The van der Waals surface area contributed by atoms with Gasteiger partial charge >= 0.3 is 0 Å². The van der Waals surface area contributed by atoms with Gasteiger partial charge in [0.2, 0.25) is 0 Å². The van der Waals surface area contributed by atoms with Crippen LogP contribution < -0.4 is 5.73 Å². The van der Waals surface area contributed by atoms with E-state index in [0.29, 0.717) is 11.1 Å². The summed E-state index contributed by atoms with van der Waals surface area (Å²) >= 11 is 7.39. The van der Waals surface area contributed by atoms with Crippen molar-refractivity contribution in [2.24, 2.45) is 0 Å². The van der Waals surface area contributed by atoms with Gasteiger partial charge in [-0.3, -0.25) is 0 Å². The van der Waals surface area contributed by atoms with Crippen LogP contribution in [0.1, 0.15) is 30.1 Å². The Morgan fingerprint density at radius 2 is 2.24 bits per heavy atom. The molecule has 0 spiro atoms. The molecular weight excluding hydrogens is 318 g/mol. The Balaban J connectivity index is 2.27. The Morgan fingerprint density at radius 3 is 2.88 bits per heavy atom. The molecule has 0 bridgehead atoms. The fourth-order valence-electron chi connectivity index (χ4n) is 1.72. The molecule has 3 nitrogen and oxygen atoms in total. The average Bonchev–Trinajstić information content (AvgIpc) is 2.36. The number of hydrogen-bond donors (Lipinski definition) is 1. The second kappa shape index (κ2) is 6.29. The van der Waals surface area contributed by atoms with Crippen LogP contribution in [0, 0.1) is 0 Å². The highest BCUT2D eigenvalue weighted by atomic mass is 79.9. The number of halogens is 1. The lowest BCUT2D eigenvalue weighted by molar-refractivity contribution is 0.825. The number of aryl methyl sites for hydroxylation is 1. The summed E-state index contributed by atoms with van der Waals surface area (Å²) in [5, 5.41) is 0.403. The van der Waals surface area contributed by atoms with E-state index in [1.165, 1.54) is 11.5 Å². The standard InChI is InChI=1S/C11H16BrN3S2/c1-2-3-7-9(12)10(13)15-11(14-7)8-6-16-4-5-17-8/h8H,2-6H2,1H3,(H2,13,14,15). The van der Waals surface area contributed by atoms with Crippen LogP contribution in [0.2, 0.25) is 0 Å². The van der Waals surface area contributed by atoms with Crippen LogP contribution >= 0.6 is 39.5 Å². The molecule has 1 saturated heterocycles. The van der Waals surface area contributed by atoms with Gasteiger partial charge in [0, 0.05) is 17.3 Å². The summed E-state index contributed by atoms with van der Waals surface area (Å²) in [6.07, 6.45) is 2.02. The zero-order valence-corrected chi connectivity index (χ0v) is 13.0. The molecule has 1 aliphatic rings. The molecule has 1 unspecified atom stereocenters. The van der Waals surface area contributed by atoms with Crippen molar-refractivity contribution in [3.63, 3.8) is 0 Å². The first-order chi connectivity index (χ1) is 8.22. The molecule has 6 heteroatoms. The predicted octanol–water partition coefficient (Wildman–Crippen LogP) is 3.29. The monoisotopic (exact) mass is 333 g/mol. The van der Waals surface area contributed by atoms with E-state index in [-0.39, 0.29) is 0 Å². The van der Waals surface area contributed by atoms with Crippen molar-refractivity contribution in [2.75, 3.05) is 23.0 Å². The number of rotatable bonds is 3. The van der Waals surface area contributed by atoms with E-state index >= 15 is 0 Å². The number of aromatic nitrogens is 2. The van der Waals surface area contributed by atoms with Crippen LogP contribution in [0.5, 0.6) is 0 Å². The second-order valence-corrected chi connectivity index (χ2v) is 7.17. The van der Waals surface area contributed by atoms with Crippen molar-refractivity contribution in [1.29, 1.82) is 0 Å². The Hall–Kier alpha value is 0.0600. The molecule has 1 atom stereocenters. The minimum Gasteiger partial charge on any atom is -0.383 e. The van der Waals surface area contributed by atoms with Gasteiger partial charge in [-0.05, 0) is 22.4 Å². The third kappa shape index (κ3) is 3.29. The Labute approximate surface area is 119 Å². The van der Waals surface area contributed by atoms with Gasteiger partial charge in [0.15, 0.2) is 0 Å². The summed E-state index contributed by atoms with van der Waals surface area (Å²) < 4.78 is 0.872. The maximum absolute atomic E-state index is 5.94. The fourth-order valence-corrected chi connectivity index (χ4v) is 4.69. The fraction of sp³-hybridized carbons (Fsp3) is 0.636. The predicted molar refractivity (Wildman–Crippen MR) is 80.7 cm³/mol. The first-order valence-corrected chi connectivity index (χ1v) is 8.73. The smallest absolute Gasteiger partial charge is 0.144 e. The van der Waals surface area contributed by atoms with Crippen molar-refractivity contribution < 1.29 is 0 Å². The summed E-state index contributed by atoms with van der Waals surface area (Å²) in [5.41, 5.74) is 6.99. The third-order valence-corrected chi connectivity index (χ3v) is 6.17. The lowest BCUT2D eigenvalue weighted by atomic mass is 10.2. The van der Waals surface area contributed by atoms with Gasteiger partial charge in [-0.1, -0.05) is 13.3 Å². The van der Waals surface area contributed by atoms with E-state index in [9.17, 15) is 0 Å². The van der Waals surface area contributed by atoms with E-state index in [1.807, 2.05) is 23.5 Å². The van der Waals surface area contributed by atoms with Crippen LogP contribution in [0.15, 0.2) is 4.47 Å². The van der Waals surface area contributed by atoms with E-state index in [1.54, 1.807) is 0 Å². The molecule has 0 aliphatic carbocycles. The Bertz CT molecular complexity index is 395. The summed E-state index contributed by atoms with van der Waals surface area (Å²) in [6.45, 7) is 2.15. The highest BCUT2D eigenvalue weighted by Gasteiger charge is 2.21.